The van der Waals surface area contributed by atoms with Gasteiger partial charge in [-0.25, -0.2) is 0 Å². The molecule has 2 heteroatoms. The molecule has 3 atom stereocenters. The Kier molecular flexibility index (Phi) is 2.73. The van der Waals surface area contributed by atoms with Crippen LogP contribution >= 0.6 is 0 Å². The Morgan fingerprint density at radius 2 is 1.80 bits per heavy atom. The van der Waals surface area contributed by atoms with Crippen molar-refractivity contribution < 1.29 is 0 Å². The van der Waals surface area contributed by atoms with Gasteiger partial charge in [-0.3, -0.25) is 0 Å². The van der Waals surface area contributed by atoms with Gasteiger partial charge in [0.1, 0.15) is 0 Å². The molecule has 1 aliphatic heterocycles. The summed E-state index contributed by atoms with van der Waals surface area (Å²) in [6.45, 7) is 4.04. The van der Waals surface area contributed by atoms with Crippen LogP contribution in [0.2, 0.25) is 0 Å². The van der Waals surface area contributed by atoms with E-state index in [9.17, 15) is 0 Å². The van der Waals surface area contributed by atoms with Crippen molar-refractivity contribution in [1.82, 2.24) is 4.90 Å². The van der Waals surface area contributed by atoms with Gasteiger partial charge in [0.25, 0.3) is 0 Å². The summed E-state index contributed by atoms with van der Waals surface area (Å²) < 4.78 is 0. The molecule has 1 heterocycles. The third kappa shape index (κ3) is 1.94. The van der Waals surface area contributed by atoms with Gasteiger partial charge in [-0.15, -0.1) is 0 Å². The topological polar surface area (TPSA) is 29.3 Å². The molecule has 2 aliphatic carbocycles. The van der Waals surface area contributed by atoms with Gasteiger partial charge in [-0.2, -0.15) is 0 Å². The Hall–Kier alpha value is -0.0800. The Balaban J connectivity index is 1.55. The number of fused-ring (bicyclic) bond motifs is 1. The molecule has 3 fully saturated rings. The van der Waals surface area contributed by atoms with Gasteiger partial charge in [-0.05, 0) is 43.4 Å². The van der Waals surface area contributed by atoms with Crippen LogP contribution in [0.5, 0.6) is 0 Å². The lowest BCUT2D eigenvalue weighted by molar-refractivity contribution is 0.198. The Morgan fingerprint density at radius 1 is 1.00 bits per heavy atom. The first-order valence-corrected chi connectivity index (χ1v) is 6.81. The van der Waals surface area contributed by atoms with Crippen LogP contribution in [-0.2, 0) is 0 Å². The van der Waals surface area contributed by atoms with Crippen molar-refractivity contribution in [3.63, 3.8) is 0 Å². The highest BCUT2D eigenvalue weighted by Gasteiger charge is 2.39. The molecule has 0 aromatic rings. The third-order valence-electron chi connectivity index (χ3n) is 4.97. The van der Waals surface area contributed by atoms with Crippen LogP contribution in [0.1, 0.15) is 38.5 Å². The van der Waals surface area contributed by atoms with E-state index in [1.165, 1.54) is 58.2 Å². The minimum Gasteiger partial charge on any atom is -0.327 e. The lowest BCUT2D eigenvalue weighted by Gasteiger charge is -2.30. The van der Waals surface area contributed by atoms with E-state index >= 15 is 0 Å². The van der Waals surface area contributed by atoms with Crippen LogP contribution in [0.25, 0.3) is 0 Å². The van der Waals surface area contributed by atoms with Gasteiger partial charge in [-0.1, -0.05) is 12.8 Å². The number of hydrogen-bond acceptors (Lipinski definition) is 2. The second-order valence-electron chi connectivity index (χ2n) is 6.03. The smallest absolute Gasteiger partial charge is 0.00825 e. The lowest BCUT2D eigenvalue weighted by Crippen LogP contribution is -2.38. The third-order valence-corrected chi connectivity index (χ3v) is 4.97. The van der Waals surface area contributed by atoms with E-state index in [1.54, 1.807) is 0 Å². The van der Waals surface area contributed by atoms with E-state index in [1.807, 2.05) is 0 Å². The second-order valence-corrected chi connectivity index (χ2v) is 6.03. The normalized spacial score (nSPS) is 42.6. The Labute approximate surface area is 93.2 Å². The average molecular weight is 208 g/mol. The summed E-state index contributed by atoms with van der Waals surface area (Å²) in [6.07, 6.45) is 8.54. The number of hydrogen-bond donors (Lipinski definition) is 1. The summed E-state index contributed by atoms with van der Waals surface area (Å²) >= 11 is 0. The summed E-state index contributed by atoms with van der Waals surface area (Å²) in [7, 11) is 0. The number of nitrogens with two attached hydrogens (primary N) is 1. The highest BCUT2D eigenvalue weighted by atomic mass is 15.2. The molecule has 3 unspecified atom stereocenters. The van der Waals surface area contributed by atoms with Crippen molar-refractivity contribution in [3.05, 3.63) is 0 Å². The summed E-state index contributed by atoms with van der Waals surface area (Å²) in [5, 5.41) is 0. The van der Waals surface area contributed by atoms with Crippen molar-refractivity contribution in [2.24, 2.45) is 23.5 Å². The van der Waals surface area contributed by atoms with E-state index in [0.29, 0.717) is 6.04 Å². The van der Waals surface area contributed by atoms with Gasteiger partial charge < -0.3 is 10.6 Å². The maximum absolute atomic E-state index is 6.23. The molecule has 0 aromatic heterocycles. The minimum absolute atomic E-state index is 0.509. The molecular formula is C13H24N2. The Morgan fingerprint density at radius 3 is 2.47 bits per heavy atom. The van der Waals surface area contributed by atoms with Gasteiger partial charge in [0.05, 0.1) is 0 Å². The zero-order valence-corrected chi connectivity index (χ0v) is 9.70. The van der Waals surface area contributed by atoms with Gasteiger partial charge >= 0.3 is 0 Å². The van der Waals surface area contributed by atoms with E-state index in [0.717, 1.165) is 17.8 Å². The molecule has 0 amide bonds. The monoisotopic (exact) mass is 208 g/mol. The van der Waals surface area contributed by atoms with Crippen molar-refractivity contribution >= 4 is 0 Å². The zero-order chi connectivity index (χ0) is 10.3. The molecule has 2 saturated carbocycles. The molecular weight excluding hydrogens is 184 g/mol. The quantitative estimate of drug-likeness (QED) is 0.750. The van der Waals surface area contributed by atoms with Crippen molar-refractivity contribution in [1.29, 1.82) is 0 Å². The fourth-order valence-electron chi connectivity index (χ4n) is 3.80. The molecule has 15 heavy (non-hydrogen) atoms. The molecule has 0 bridgehead atoms. The van der Waals surface area contributed by atoms with E-state index < -0.39 is 0 Å². The molecule has 0 radical (unpaired) electrons. The van der Waals surface area contributed by atoms with Gasteiger partial charge in [0.2, 0.25) is 0 Å². The summed E-state index contributed by atoms with van der Waals surface area (Å²) in [5.41, 5.74) is 6.23. The van der Waals surface area contributed by atoms with Crippen LogP contribution < -0.4 is 5.73 Å². The lowest BCUT2D eigenvalue weighted by atomic mass is 9.78. The fraction of sp³-hybridized carbons (Fsp3) is 1.00. The van der Waals surface area contributed by atoms with Crippen LogP contribution in [0.3, 0.4) is 0 Å². The maximum atomic E-state index is 6.23. The fourth-order valence-corrected chi connectivity index (χ4v) is 3.80. The predicted molar refractivity (Wildman–Crippen MR) is 62.6 cm³/mol. The molecule has 3 aliphatic rings. The minimum atomic E-state index is 0.509. The van der Waals surface area contributed by atoms with Crippen LogP contribution in [-0.4, -0.2) is 30.6 Å². The highest BCUT2D eigenvalue weighted by Crippen LogP contribution is 2.37. The summed E-state index contributed by atoms with van der Waals surface area (Å²) in [6, 6.07) is 0.509. The zero-order valence-electron chi connectivity index (χ0n) is 9.70. The molecule has 86 valence electrons. The molecule has 0 aromatic carbocycles. The predicted octanol–water partition coefficient (Wildman–Crippen LogP) is 1.85. The van der Waals surface area contributed by atoms with Crippen molar-refractivity contribution in [3.8, 4) is 0 Å². The number of nitrogens with zero attached hydrogens (tertiary/aromatic N) is 1. The van der Waals surface area contributed by atoms with Crippen LogP contribution in [0.15, 0.2) is 0 Å². The van der Waals surface area contributed by atoms with E-state index in [2.05, 4.69) is 4.90 Å². The first kappa shape index (κ1) is 10.1. The van der Waals surface area contributed by atoms with E-state index in [-0.39, 0.29) is 0 Å². The first-order valence-electron chi connectivity index (χ1n) is 6.81. The van der Waals surface area contributed by atoms with Gasteiger partial charge in [0, 0.05) is 25.7 Å². The molecule has 0 spiro atoms. The first-order chi connectivity index (χ1) is 7.33. The van der Waals surface area contributed by atoms with Gasteiger partial charge in [0.15, 0.2) is 0 Å². The second kappa shape index (κ2) is 4.06. The van der Waals surface area contributed by atoms with Crippen LogP contribution in [0.4, 0.5) is 0 Å². The van der Waals surface area contributed by atoms with Crippen molar-refractivity contribution in [2.45, 2.75) is 44.6 Å². The van der Waals surface area contributed by atoms with E-state index in [4.69, 9.17) is 5.73 Å². The average Bonchev–Trinajstić information content (AvgIpc) is 2.56. The molecule has 2 N–H and O–H groups in total. The summed E-state index contributed by atoms with van der Waals surface area (Å²) in [4.78, 5) is 2.71. The maximum Gasteiger partial charge on any atom is 0.00825 e. The SMILES string of the molecule is NC1CCCC2CN(CC3CCC3)CC12. The largest absolute Gasteiger partial charge is 0.327 e. The highest BCUT2D eigenvalue weighted by molar-refractivity contribution is 4.93. The molecule has 1 saturated heterocycles. The van der Waals surface area contributed by atoms with Crippen molar-refractivity contribution in [2.75, 3.05) is 19.6 Å². The summed E-state index contributed by atoms with van der Waals surface area (Å²) in [5.74, 6) is 2.80. The standard InChI is InChI=1S/C13H24N2/c14-13-6-2-5-11-8-15(9-12(11)13)7-10-3-1-4-10/h10-13H,1-9,14H2. The Bertz CT molecular complexity index is 225. The molecule has 3 rings (SSSR count). The number of likely N-dealkylation sites (tertiary alicyclic amines) is 1. The molecule has 2 nitrogen and oxygen atoms in total. The number of rotatable bonds is 2. The van der Waals surface area contributed by atoms with Crippen LogP contribution in [0, 0.1) is 17.8 Å².